The van der Waals surface area contributed by atoms with Crippen molar-refractivity contribution in [3.8, 4) is 28.7 Å². The summed E-state index contributed by atoms with van der Waals surface area (Å²) in [5.74, 6) is 2.44. The molecule has 0 heterocycles. The molecule has 0 amide bonds. The van der Waals surface area contributed by atoms with E-state index in [4.69, 9.17) is 18.9 Å². The van der Waals surface area contributed by atoms with Crippen LogP contribution in [0.3, 0.4) is 0 Å². The standard InChI is InChI=1S/C18H20O5/c1-20-14-8-7-13(15(19)11-14)6-5-12-9-16(21-2)18(23-4)17(10-12)22-3/h5-11,19H,1-4H3/b6-5+. The molecule has 0 saturated heterocycles. The second-order valence-electron chi connectivity index (χ2n) is 4.72. The highest BCUT2D eigenvalue weighted by Gasteiger charge is 2.12. The van der Waals surface area contributed by atoms with Crippen molar-refractivity contribution >= 4 is 12.2 Å². The summed E-state index contributed by atoms with van der Waals surface area (Å²) < 4.78 is 21.0. The van der Waals surface area contributed by atoms with Crippen LogP contribution < -0.4 is 18.9 Å². The van der Waals surface area contributed by atoms with Crippen LogP contribution in [0.4, 0.5) is 0 Å². The summed E-state index contributed by atoms with van der Waals surface area (Å²) in [6.07, 6.45) is 3.65. The molecule has 0 atom stereocenters. The molecule has 122 valence electrons. The highest BCUT2D eigenvalue weighted by atomic mass is 16.5. The molecule has 0 aromatic heterocycles. The number of rotatable bonds is 6. The minimum Gasteiger partial charge on any atom is -0.507 e. The predicted molar refractivity (Wildman–Crippen MR) is 89.7 cm³/mol. The van der Waals surface area contributed by atoms with Crippen LogP contribution in [-0.4, -0.2) is 33.5 Å². The van der Waals surface area contributed by atoms with Gasteiger partial charge in [0.15, 0.2) is 11.5 Å². The molecule has 0 unspecified atom stereocenters. The summed E-state index contributed by atoms with van der Waals surface area (Å²) in [5.41, 5.74) is 1.54. The first-order valence-corrected chi connectivity index (χ1v) is 6.98. The third-order valence-corrected chi connectivity index (χ3v) is 3.38. The Kier molecular flexibility index (Phi) is 5.36. The van der Waals surface area contributed by atoms with Crippen LogP contribution in [-0.2, 0) is 0 Å². The molecule has 2 aromatic rings. The Hall–Kier alpha value is -2.82. The summed E-state index contributed by atoms with van der Waals surface area (Å²) >= 11 is 0. The maximum absolute atomic E-state index is 9.98. The van der Waals surface area contributed by atoms with Gasteiger partial charge in [0.1, 0.15) is 11.5 Å². The Morgan fingerprint density at radius 1 is 0.783 bits per heavy atom. The maximum atomic E-state index is 9.98. The second-order valence-corrected chi connectivity index (χ2v) is 4.72. The maximum Gasteiger partial charge on any atom is 0.203 e. The average Bonchev–Trinajstić information content (AvgIpc) is 2.59. The largest absolute Gasteiger partial charge is 0.507 e. The molecule has 23 heavy (non-hydrogen) atoms. The van der Waals surface area contributed by atoms with E-state index >= 15 is 0 Å². The number of aromatic hydroxyl groups is 1. The number of benzene rings is 2. The number of ether oxygens (including phenoxy) is 4. The molecule has 0 aliphatic carbocycles. The number of hydrogen-bond donors (Lipinski definition) is 1. The molecule has 0 aliphatic heterocycles. The van der Waals surface area contributed by atoms with E-state index in [1.165, 1.54) is 0 Å². The quantitative estimate of drug-likeness (QED) is 0.825. The number of phenols is 1. The van der Waals surface area contributed by atoms with E-state index in [2.05, 4.69) is 0 Å². The predicted octanol–water partition coefficient (Wildman–Crippen LogP) is 3.60. The van der Waals surface area contributed by atoms with Gasteiger partial charge in [0.25, 0.3) is 0 Å². The summed E-state index contributed by atoms with van der Waals surface area (Å²) in [7, 11) is 6.26. The Balaban J connectivity index is 2.36. The van der Waals surface area contributed by atoms with Crippen LogP contribution in [0.5, 0.6) is 28.7 Å². The second kappa shape index (κ2) is 7.45. The summed E-state index contributed by atoms with van der Waals surface area (Å²) in [5, 5.41) is 9.98. The summed E-state index contributed by atoms with van der Waals surface area (Å²) in [6, 6.07) is 8.79. The topological polar surface area (TPSA) is 57.2 Å². The molecule has 5 nitrogen and oxygen atoms in total. The van der Waals surface area contributed by atoms with Crippen LogP contribution in [0.2, 0.25) is 0 Å². The minimum absolute atomic E-state index is 0.146. The van der Waals surface area contributed by atoms with Crippen molar-refractivity contribution in [1.29, 1.82) is 0 Å². The van der Waals surface area contributed by atoms with Gasteiger partial charge in [0.05, 0.1) is 28.4 Å². The lowest BCUT2D eigenvalue weighted by Crippen LogP contribution is -1.95. The lowest BCUT2D eigenvalue weighted by atomic mass is 10.1. The molecule has 1 N–H and O–H groups in total. The third kappa shape index (κ3) is 3.69. The lowest BCUT2D eigenvalue weighted by molar-refractivity contribution is 0.324. The first kappa shape index (κ1) is 16.5. The van der Waals surface area contributed by atoms with Gasteiger partial charge in [-0.25, -0.2) is 0 Å². The van der Waals surface area contributed by atoms with Gasteiger partial charge in [-0.1, -0.05) is 12.2 Å². The van der Waals surface area contributed by atoms with Crippen LogP contribution in [0.25, 0.3) is 12.2 Å². The van der Waals surface area contributed by atoms with Crippen molar-refractivity contribution in [2.24, 2.45) is 0 Å². The highest BCUT2D eigenvalue weighted by molar-refractivity contribution is 5.75. The van der Waals surface area contributed by atoms with Gasteiger partial charge in [-0.05, 0) is 29.8 Å². The zero-order chi connectivity index (χ0) is 16.8. The summed E-state index contributed by atoms with van der Waals surface area (Å²) in [4.78, 5) is 0. The normalized spacial score (nSPS) is 10.6. The van der Waals surface area contributed by atoms with Crippen LogP contribution in [0.1, 0.15) is 11.1 Å². The fraction of sp³-hybridized carbons (Fsp3) is 0.222. The smallest absolute Gasteiger partial charge is 0.203 e. The Labute approximate surface area is 135 Å². The lowest BCUT2D eigenvalue weighted by Gasteiger charge is -2.12. The molecule has 0 aliphatic rings. The molecule has 0 spiro atoms. The van der Waals surface area contributed by atoms with Gasteiger partial charge in [0.2, 0.25) is 5.75 Å². The molecule has 0 radical (unpaired) electrons. The van der Waals surface area contributed by atoms with Gasteiger partial charge in [-0.15, -0.1) is 0 Å². The van der Waals surface area contributed by atoms with E-state index in [-0.39, 0.29) is 5.75 Å². The number of phenolic OH excluding ortho intramolecular Hbond substituents is 1. The molecule has 0 saturated carbocycles. The molecule has 5 heteroatoms. The van der Waals surface area contributed by atoms with Gasteiger partial charge < -0.3 is 24.1 Å². The van der Waals surface area contributed by atoms with Crippen molar-refractivity contribution in [2.75, 3.05) is 28.4 Å². The van der Waals surface area contributed by atoms with Gasteiger partial charge in [-0.3, -0.25) is 0 Å². The zero-order valence-corrected chi connectivity index (χ0v) is 13.6. The monoisotopic (exact) mass is 316 g/mol. The van der Waals surface area contributed by atoms with E-state index < -0.39 is 0 Å². The van der Waals surface area contributed by atoms with Crippen molar-refractivity contribution in [2.45, 2.75) is 0 Å². The minimum atomic E-state index is 0.146. The molecule has 0 bridgehead atoms. The van der Waals surface area contributed by atoms with Crippen molar-refractivity contribution in [3.63, 3.8) is 0 Å². The zero-order valence-electron chi connectivity index (χ0n) is 13.6. The van der Waals surface area contributed by atoms with Crippen LogP contribution in [0.15, 0.2) is 30.3 Å². The Morgan fingerprint density at radius 3 is 1.91 bits per heavy atom. The average molecular weight is 316 g/mol. The Morgan fingerprint density at radius 2 is 1.43 bits per heavy atom. The van der Waals surface area contributed by atoms with E-state index in [0.29, 0.717) is 28.6 Å². The van der Waals surface area contributed by atoms with Crippen molar-refractivity contribution in [1.82, 2.24) is 0 Å². The fourth-order valence-electron chi connectivity index (χ4n) is 2.17. The van der Waals surface area contributed by atoms with Crippen LogP contribution >= 0.6 is 0 Å². The van der Waals surface area contributed by atoms with E-state index in [9.17, 15) is 5.11 Å². The molecular weight excluding hydrogens is 296 g/mol. The first-order valence-electron chi connectivity index (χ1n) is 6.98. The Bertz CT molecular complexity index is 682. The van der Waals surface area contributed by atoms with Gasteiger partial charge >= 0.3 is 0 Å². The van der Waals surface area contributed by atoms with Crippen molar-refractivity contribution < 1.29 is 24.1 Å². The number of methoxy groups -OCH3 is 4. The third-order valence-electron chi connectivity index (χ3n) is 3.38. The van der Waals surface area contributed by atoms with Crippen LogP contribution in [0, 0.1) is 0 Å². The van der Waals surface area contributed by atoms with E-state index in [0.717, 1.165) is 5.56 Å². The fourth-order valence-corrected chi connectivity index (χ4v) is 2.17. The van der Waals surface area contributed by atoms with Gasteiger partial charge in [0, 0.05) is 11.6 Å². The molecule has 2 rings (SSSR count). The van der Waals surface area contributed by atoms with Gasteiger partial charge in [-0.2, -0.15) is 0 Å². The molecule has 2 aromatic carbocycles. The number of hydrogen-bond acceptors (Lipinski definition) is 5. The van der Waals surface area contributed by atoms with E-state index in [1.54, 1.807) is 52.7 Å². The molecular formula is C18H20O5. The first-order chi connectivity index (χ1) is 11.1. The highest BCUT2D eigenvalue weighted by Crippen LogP contribution is 2.38. The summed E-state index contributed by atoms with van der Waals surface area (Å²) in [6.45, 7) is 0. The van der Waals surface area contributed by atoms with E-state index in [1.807, 2.05) is 18.2 Å². The van der Waals surface area contributed by atoms with Crippen molar-refractivity contribution in [3.05, 3.63) is 41.5 Å². The SMILES string of the molecule is COc1ccc(/C=C/c2cc(OC)c(OC)c(OC)c2)c(O)c1. The molecule has 0 fully saturated rings.